The summed E-state index contributed by atoms with van der Waals surface area (Å²) in [4.78, 5) is 37.8. The maximum Gasteiger partial charge on any atom is 0.306 e. The van der Waals surface area contributed by atoms with Crippen molar-refractivity contribution in [3.05, 3.63) is 0 Å². The monoisotopic (exact) mass is 779 g/mol. The van der Waals surface area contributed by atoms with Gasteiger partial charge in [-0.05, 0) is 19.3 Å². The Labute approximate surface area is 342 Å². The lowest BCUT2D eigenvalue weighted by Crippen LogP contribution is -2.30. The number of carbonyl (C=O) groups excluding carboxylic acids is 3. The van der Waals surface area contributed by atoms with Gasteiger partial charge < -0.3 is 14.2 Å². The van der Waals surface area contributed by atoms with Crippen LogP contribution in [0.15, 0.2) is 0 Å². The second-order valence-electron chi connectivity index (χ2n) is 16.7. The highest BCUT2D eigenvalue weighted by atomic mass is 16.6. The van der Waals surface area contributed by atoms with E-state index in [1.165, 1.54) is 180 Å². The van der Waals surface area contributed by atoms with Gasteiger partial charge in [0.25, 0.3) is 0 Å². The van der Waals surface area contributed by atoms with Gasteiger partial charge in [-0.2, -0.15) is 0 Å². The fraction of sp³-hybridized carbons (Fsp3) is 0.939. The molecule has 0 aromatic carbocycles. The summed E-state index contributed by atoms with van der Waals surface area (Å²) >= 11 is 0. The standard InChI is InChI=1S/C49H94O6/c1-4-7-10-13-16-19-22-24-25-26-28-31-33-36-39-42-48(51)54-45-46(55-49(52)43-40-37-34-29-21-18-15-12-9-6-3)44-53-47(50)41-38-35-32-30-27-23-20-17-14-11-8-5-2/h46H,4-45H2,1-3H3/t46-/m1/s1. The number of rotatable bonds is 45. The molecule has 0 N–H and O–H groups in total. The van der Waals surface area contributed by atoms with Crippen LogP contribution in [0.2, 0.25) is 0 Å². The molecular weight excluding hydrogens is 685 g/mol. The number of hydrogen-bond donors (Lipinski definition) is 0. The minimum atomic E-state index is -0.758. The van der Waals surface area contributed by atoms with Crippen LogP contribution in [0.4, 0.5) is 0 Å². The number of esters is 3. The van der Waals surface area contributed by atoms with Crippen molar-refractivity contribution in [1.82, 2.24) is 0 Å². The van der Waals surface area contributed by atoms with Crippen LogP contribution >= 0.6 is 0 Å². The number of carbonyl (C=O) groups is 3. The molecule has 6 heteroatoms. The van der Waals surface area contributed by atoms with Crippen molar-refractivity contribution in [2.75, 3.05) is 13.2 Å². The molecule has 0 amide bonds. The third kappa shape index (κ3) is 43.4. The van der Waals surface area contributed by atoms with E-state index in [1.54, 1.807) is 0 Å². The van der Waals surface area contributed by atoms with Crippen molar-refractivity contribution in [3.8, 4) is 0 Å². The van der Waals surface area contributed by atoms with Gasteiger partial charge in [-0.25, -0.2) is 0 Å². The van der Waals surface area contributed by atoms with Crippen LogP contribution in [0.25, 0.3) is 0 Å². The van der Waals surface area contributed by atoms with E-state index < -0.39 is 6.10 Å². The Kier molecular flexibility index (Phi) is 43.8. The van der Waals surface area contributed by atoms with Crippen molar-refractivity contribution >= 4 is 17.9 Å². The summed E-state index contributed by atoms with van der Waals surface area (Å²) in [6.07, 6.45) is 46.5. The summed E-state index contributed by atoms with van der Waals surface area (Å²) in [7, 11) is 0. The Hall–Kier alpha value is -1.59. The molecule has 0 aromatic heterocycles. The number of hydrogen-bond acceptors (Lipinski definition) is 6. The first-order valence-electron chi connectivity index (χ1n) is 24.5. The Bertz CT molecular complexity index is 813. The normalized spacial score (nSPS) is 11.8. The molecule has 326 valence electrons. The van der Waals surface area contributed by atoms with E-state index in [0.29, 0.717) is 19.3 Å². The van der Waals surface area contributed by atoms with Gasteiger partial charge in [-0.15, -0.1) is 0 Å². The van der Waals surface area contributed by atoms with Crippen LogP contribution in [-0.2, 0) is 28.6 Å². The summed E-state index contributed by atoms with van der Waals surface area (Å²) in [6.45, 7) is 6.65. The Balaban J connectivity index is 4.27. The summed E-state index contributed by atoms with van der Waals surface area (Å²) < 4.78 is 16.7. The van der Waals surface area contributed by atoms with E-state index in [4.69, 9.17) is 14.2 Å². The first-order chi connectivity index (χ1) is 27.0. The van der Waals surface area contributed by atoms with Gasteiger partial charge in [-0.3, -0.25) is 14.4 Å². The zero-order valence-corrected chi connectivity index (χ0v) is 37.2. The molecule has 0 rings (SSSR count). The number of ether oxygens (including phenoxy) is 3. The van der Waals surface area contributed by atoms with E-state index in [1.807, 2.05) is 0 Å². The van der Waals surface area contributed by atoms with Crippen molar-refractivity contribution in [2.24, 2.45) is 0 Å². The molecule has 1 atom stereocenters. The van der Waals surface area contributed by atoms with Crippen molar-refractivity contribution in [2.45, 2.75) is 284 Å². The van der Waals surface area contributed by atoms with Crippen molar-refractivity contribution < 1.29 is 28.6 Å². The summed E-state index contributed by atoms with van der Waals surface area (Å²) in [5, 5.41) is 0. The molecule has 0 saturated carbocycles. The zero-order chi connectivity index (χ0) is 40.1. The minimum Gasteiger partial charge on any atom is -0.462 e. The third-order valence-electron chi connectivity index (χ3n) is 11.1. The highest BCUT2D eigenvalue weighted by Crippen LogP contribution is 2.16. The van der Waals surface area contributed by atoms with Gasteiger partial charge in [-0.1, -0.05) is 239 Å². The summed E-state index contributed by atoms with van der Waals surface area (Å²) in [5.74, 6) is -0.847. The van der Waals surface area contributed by atoms with Gasteiger partial charge in [0.05, 0.1) is 0 Å². The molecule has 0 aliphatic carbocycles. The van der Waals surface area contributed by atoms with Crippen LogP contribution in [0.1, 0.15) is 278 Å². The topological polar surface area (TPSA) is 78.9 Å². The first kappa shape index (κ1) is 53.4. The fourth-order valence-corrected chi connectivity index (χ4v) is 7.38. The van der Waals surface area contributed by atoms with Crippen LogP contribution in [-0.4, -0.2) is 37.2 Å². The van der Waals surface area contributed by atoms with E-state index in [2.05, 4.69) is 20.8 Å². The third-order valence-corrected chi connectivity index (χ3v) is 11.1. The second kappa shape index (κ2) is 45.1. The highest BCUT2D eigenvalue weighted by molar-refractivity contribution is 5.71. The average molecular weight is 779 g/mol. The zero-order valence-electron chi connectivity index (χ0n) is 37.2. The van der Waals surface area contributed by atoms with Crippen LogP contribution in [0, 0.1) is 0 Å². The molecule has 0 fully saturated rings. The lowest BCUT2D eigenvalue weighted by molar-refractivity contribution is -0.167. The van der Waals surface area contributed by atoms with Crippen molar-refractivity contribution in [3.63, 3.8) is 0 Å². The van der Waals surface area contributed by atoms with Gasteiger partial charge >= 0.3 is 17.9 Å². The van der Waals surface area contributed by atoms with Crippen LogP contribution < -0.4 is 0 Å². The SMILES string of the molecule is CCCCCCCCCCCCCCCCCC(=O)OC[C@@H](COC(=O)CCCCCCCCCCCCCC)OC(=O)CCCCCCCCCCCC. The molecule has 0 unspecified atom stereocenters. The first-order valence-corrected chi connectivity index (χ1v) is 24.5. The maximum atomic E-state index is 12.7. The molecule has 0 spiro atoms. The summed E-state index contributed by atoms with van der Waals surface area (Å²) in [5.41, 5.74) is 0. The van der Waals surface area contributed by atoms with E-state index in [-0.39, 0.29) is 31.1 Å². The van der Waals surface area contributed by atoms with Gasteiger partial charge in [0.1, 0.15) is 13.2 Å². The van der Waals surface area contributed by atoms with Gasteiger partial charge in [0.15, 0.2) is 6.10 Å². The lowest BCUT2D eigenvalue weighted by atomic mass is 10.0. The molecule has 0 saturated heterocycles. The van der Waals surface area contributed by atoms with Crippen molar-refractivity contribution in [1.29, 1.82) is 0 Å². The van der Waals surface area contributed by atoms with Crippen LogP contribution in [0.3, 0.4) is 0 Å². The minimum absolute atomic E-state index is 0.0623. The molecule has 0 aromatic rings. The second-order valence-corrected chi connectivity index (χ2v) is 16.7. The fourth-order valence-electron chi connectivity index (χ4n) is 7.38. The largest absolute Gasteiger partial charge is 0.462 e. The maximum absolute atomic E-state index is 12.7. The molecule has 0 heterocycles. The Morgan fingerprint density at radius 1 is 0.291 bits per heavy atom. The van der Waals surface area contributed by atoms with Gasteiger partial charge in [0.2, 0.25) is 0 Å². The molecule has 55 heavy (non-hydrogen) atoms. The predicted octanol–water partition coefficient (Wildman–Crippen LogP) is 15.6. The smallest absolute Gasteiger partial charge is 0.306 e. The Morgan fingerprint density at radius 2 is 0.491 bits per heavy atom. The quantitative estimate of drug-likeness (QED) is 0.0348. The molecule has 6 nitrogen and oxygen atoms in total. The van der Waals surface area contributed by atoms with Gasteiger partial charge in [0, 0.05) is 19.3 Å². The molecule has 0 bridgehead atoms. The summed E-state index contributed by atoms with van der Waals surface area (Å²) in [6, 6.07) is 0. The van der Waals surface area contributed by atoms with E-state index in [0.717, 1.165) is 57.8 Å². The predicted molar refractivity (Wildman–Crippen MR) is 233 cm³/mol. The Morgan fingerprint density at radius 3 is 0.727 bits per heavy atom. The van der Waals surface area contributed by atoms with Crippen LogP contribution in [0.5, 0.6) is 0 Å². The average Bonchev–Trinajstić information content (AvgIpc) is 3.18. The lowest BCUT2D eigenvalue weighted by Gasteiger charge is -2.18. The van der Waals surface area contributed by atoms with E-state index in [9.17, 15) is 14.4 Å². The molecule has 0 aliphatic rings. The van der Waals surface area contributed by atoms with E-state index >= 15 is 0 Å². The number of unbranched alkanes of at least 4 members (excludes halogenated alkanes) is 34. The molecular formula is C49H94O6. The molecule has 0 radical (unpaired) electrons. The highest BCUT2D eigenvalue weighted by Gasteiger charge is 2.19. The molecule has 0 aliphatic heterocycles.